The number of hydrogen-bond donors (Lipinski definition) is 0. The Bertz CT molecular complexity index is 287. The molecule has 2 heteroatoms. The zero-order valence-electron chi connectivity index (χ0n) is 12.9. The van der Waals surface area contributed by atoms with Crippen LogP contribution in [-0.2, 0) is 4.79 Å². The molecular weight excluding hydrogens is 234 g/mol. The third-order valence-corrected chi connectivity index (χ3v) is 5.12. The summed E-state index contributed by atoms with van der Waals surface area (Å²) in [5.74, 6) is 0.350. The van der Waals surface area contributed by atoms with Gasteiger partial charge in [0.25, 0.3) is 0 Å². The Morgan fingerprint density at radius 1 is 1.00 bits per heavy atom. The van der Waals surface area contributed by atoms with Crippen molar-refractivity contribution in [2.75, 3.05) is 0 Å². The van der Waals surface area contributed by atoms with Crippen molar-refractivity contribution in [2.24, 2.45) is 0 Å². The van der Waals surface area contributed by atoms with Gasteiger partial charge in [0.2, 0.25) is 0 Å². The van der Waals surface area contributed by atoms with Crippen molar-refractivity contribution in [3.63, 3.8) is 0 Å². The molecule has 0 unspecified atom stereocenters. The zero-order chi connectivity index (χ0) is 13.7. The number of fused-ring (bicyclic) bond motifs is 1. The summed E-state index contributed by atoms with van der Waals surface area (Å²) in [5.41, 5.74) is 0. The summed E-state index contributed by atoms with van der Waals surface area (Å²) in [6.07, 6.45) is 14.3. The fraction of sp³-hybridized carbons (Fsp3) is 0.941. The van der Waals surface area contributed by atoms with Crippen molar-refractivity contribution in [1.29, 1.82) is 0 Å². The number of carbonyl (C=O) groups excluding carboxylic acids is 1. The standard InChI is InChI=1S/C17H31NO/c1-3-7-15-10-12-17-13-11-16(18(15)17)9-6-4-5-8-14(2)19/h15-17H,3-13H2,1-2H3/t15-,16+,17+/m1/s1. The van der Waals surface area contributed by atoms with E-state index in [4.69, 9.17) is 0 Å². The molecule has 0 spiro atoms. The number of carbonyl (C=O) groups is 1. The second kappa shape index (κ2) is 7.42. The van der Waals surface area contributed by atoms with Crippen LogP contribution in [0.5, 0.6) is 0 Å². The first kappa shape index (κ1) is 15.0. The van der Waals surface area contributed by atoms with Crippen LogP contribution in [0.15, 0.2) is 0 Å². The molecule has 0 saturated carbocycles. The van der Waals surface area contributed by atoms with Crippen LogP contribution in [0.1, 0.15) is 84.5 Å². The van der Waals surface area contributed by atoms with E-state index in [1.807, 2.05) is 0 Å². The Balaban J connectivity index is 1.70. The molecule has 2 saturated heterocycles. The maximum absolute atomic E-state index is 10.9. The van der Waals surface area contributed by atoms with Crippen molar-refractivity contribution < 1.29 is 4.79 Å². The molecule has 2 fully saturated rings. The van der Waals surface area contributed by atoms with Gasteiger partial charge in [-0.05, 0) is 51.9 Å². The molecule has 3 atom stereocenters. The molecule has 0 aromatic rings. The fourth-order valence-corrected chi connectivity index (χ4v) is 4.26. The van der Waals surface area contributed by atoms with E-state index < -0.39 is 0 Å². The van der Waals surface area contributed by atoms with Gasteiger partial charge in [-0.2, -0.15) is 0 Å². The Hall–Kier alpha value is -0.370. The van der Waals surface area contributed by atoms with Crippen molar-refractivity contribution in [2.45, 2.75) is 103 Å². The van der Waals surface area contributed by atoms with Crippen LogP contribution < -0.4 is 0 Å². The van der Waals surface area contributed by atoms with Crippen LogP contribution in [0.2, 0.25) is 0 Å². The minimum atomic E-state index is 0.350. The van der Waals surface area contributed by atoms with E-state index in [1.54, 1.807) is 6.92 Å². The molecule has 0 aromatic heterocycles. The van der Waals surface area contributed by atoms with E-state index in [2.05, 4.69) is 11.8 Å². The first-order valence-electron chi connectivity index (χ1n) is 8.49. The van der Waals surface area contributed by atoms with Crippen LogP contribution >= 0.6 is 0 Å². The van der Waals surface area contributed by atoms with Crippen molar-refractivity contribution in [3.8, 4) is 0 Å². The minimum Gasteiger partial charge on any atom is -0.300 e. The van der Waals surface area contributed by atoms with Crippen molar-refractivity contribution >= 4 is 5.78 Å². The Morgan fingerprint density at radius 3 is 2.32 bits per heavy atom. The normalized spacial score (nSPS) is 30.7. The third-order valence-electron chi connectivity index (χ3n) is 5.12. The SMILES string of the molecule is CCC[C@@H]1CC[C@H]2CC[C@H](CCCCCC(C)=O)N21. The van der Waals surface area contributed by atoms with Gasteiger partial charge in [-0.25, -0.2) is 0 Å². The van der Waals surface area contributed by atoms with Crippen molar-refractivity contribution in [3.05, 3.63) is 0 Å². The highest BCUT2D eigenvalue weighted by Gasteiger charge is 2.41. The quantitative estimate of drug-likeness (QED) is 0.609. The average molecular weight is 265 g/mol. The smallest absolute Gasteiger partial charge is 0.129 e. The molecule has 0 amide bonds. The van der Waals surface area contributed by atoms with E-state index >= 15 is 0 Å². The molecule has 19 heavy (non-hydrogen) atoms. The van der Waals surface area contributed by atoms with Crippen LogP contribution in [0.3, 0.4) is 0 Å². The third kappa shape index (κ3) is 4.05. The largest absolute Gasteiger partial charge is 0.300 e. The maximum atomic E-state index is 10.9. The summed E-state index contributed by atoms with van der Waals surface area (Å²) in [7, 11) is 0. The number of nitrogens with zero attached hydrogens (tertiary/aromatic N) is 1. The molecule has 110 valence electrons. The van der Waals surface area contributed by atoms with Gasteiger partial charge in [0, 0.05) is 24.5 Å². The second-order valence-electron chi connectivity index (χ2n) is 6.65. The van der Waals surface area contributed by atoms with Gasteiger partial charge in [-0.1, -0.05) is 26.2 Å². The molecule has 0 aliphatic carbocycles. The summed E-state index contributed by atoms with van der Waals surface area (Å²) >= 11 is 0. The average Bonchev–Trinajstić information content (AvgIpc) is 2.93. The lowest BCUT2D eigenvalue weighted by atomic mass is 10.0. The minimum absolute atomic E-state index is 0.350. The fourth-order valence-electron chi connectivity index (χ4n) is 4.26. The Labute approximate surface area is 118 Å². The molecule has 2 aliphatic heterocycles. The summed E-state index contributed by atoms with van der Waals surface area (Å²) in [6, 6.07) is 2.67. The van der Waals surface area contributed by atoms with Gasteiger partial charge in [-0.3, -0.25) is 4.90 Å². The van der Waals surface area contributed by atoms with E-state index in [9.17, 15) is 4.79 Å². The predicted octanol–water partition coefficient (Wildman–Crippen LogP) is 4.32. The summed E-state index contributed by atoms with van der Waals surface area (Å²) in [4.78, 5) is 13.8. The Morgan fingerprint density at radius 2 is 1.68 bits per heavy atom. The van der Waals surface area contributed by atoms with Crippen LogP contribution in [0.25, 0.3) is 0 Å². The van der Waals surface area contributed by atoms with Crippen LogP contribution in [-0.4, -0.2) is 28.8 Å². The number of rotatable bonds is 8. The lowest BCUT2D eigenvalue weighted by Crippen LogP contribution is -2.38. The summed E-state index contributed by atoms with van der Waals surface area (Å²) in [6.45, 7) is 4.03. The molecule has 0 aromatic carbocycles. The lowest BCUT2D eigenvalue weighted by Gasteiger charge is -2.30. The van der Waals surface area contributed by atoms with Gasteiger partial charge in [0.05, 0.1) is 0 Å². The first-order chi connectivity index (χ1) is 9.22. The Kier molecular flexibility index (Phi) is 5.87. The van der Waals surface area contributed by atoms with Crippen LogP contribution in [0.4, 0.5) is 0 Å². The number of Topliss-reactive ketones (excluding diaryl/α,β-unsaturated/α-hetero) is 1. The van der Waals surface area contributed by atoms with Gasteiger partial charge in [0.1, 0.15) is 5.78 Å². The topological polar surface area (TPSA) is 20.3 Å². The van der Waals surface area contributed by atoms with Crippen molar-refractivity contribution in [1.82, 2.24) is 4.90 Å². The van der Waals surface area contributed by atoms with Gasteiger partial charge in [-0.15, -0.1) is 0 Å². The number of unbranched alkanes of at least 4 members (excludes halogenated alkanes) is 2. The molecule has 0 bridgehead atoms. The summed E-state index contributed by atoms with van der Waals surface area (Å²) in [5, 5.41) is 0. The molecule has 0 N–H and O–H groups in total. The first-order valence-corrected chi connectivity index (χ1v) is 8.49. The highest BCUT2D eigenvalue weighted by molar-refractivity contribution is 5.75. The number of hydrogen-bond acceptors (Lipinski definition) is 2. The number of ketones is 1. The molecular formula is C17H31NO. The molecule has 2 nitrogen and oxygen atoms in total. The van der Waals surface area contributed by atoms with E-state index in [1.165, 1.54) is 57.8 Å². The molecule has 0 radical (unpaired) electrons. The predicted molar refractivity (Wildman–Crippen MR) is 80.3 cm³/mol. The maximum Gasteiger partial charge on any atom is 0.129 e. The van der Waals surface area contributed by atoms with Gasteiger partial charge < -0.3 is 4.79 Å². The highest BCUT2D eigenvalue weighted by atomic mass is 16.1. The van der Waals surface area contributed by atoms with Gasteiger partial charge in [0.15, 0.2) is 0 Å². The zero-order valence-corrected chi connectivity index (χ0v) is 12.9. The second-order valence-corrected chi connectivity index (χ2v) is 6.65. The van der Waals surface area contributed by atoms with E-state index in [0.29, 0.717) is 5.78 Å². The highest BCUT2D eigenvalue weighted by Crippen LogP contribution is 2.39. The molecule has 2 rings (SSSR count). The lowest BCUT2D eigenvalue weighted by molar-refractivity contribution is -0.117. The molecule has 2 heterocycles. The monoisotopic (exact) mass is 265 g/mol. The van der Waals surface area contributed by atoms with Crippen LogP contribution in [0, 0.1) is 0 Å². The molecule has 2 aliphatic rings. The van der Waals surface area contributed by atoms with E-state index in [0.717, 1.165) is 31.0 Å². The summed E-state index contributed by atoms with van der Waals surface area (Å²) < 4.78 is 0. The van der Waals surface area contributed by atoms with Gasteiger partial charge >= 0.3 is 0 Å². The van der Waals surface area contributed by atoms with E-state index in [-0.39, 0.29) is 0 Å².